The van der Waals surface area contributed by atoms with Crippen LogP contribution in [0, 0.1) is 18.6 Å². The third kappa shape index (κ3) is 2.61. The standard InChI is InChI=1S/C13H11BrF2N2/c1-7-2-3-8(15)4-12(7)18-13-5-9(14)10(16)6-11(13)17/h2-6,18H,17H2,1H3. The van der Waals surface area contributed by atoms with Crippen molar-refractivity contribution in [2.75, 3.05) is 11.1 Å². The van der Waals surface area contributed by atoms with Crippen molar-refractivity contribution in [3.05, 3.63) is 52.0 Å². The quantitative estimate of drug-likeness (QED) is 0.808. The van der Waals surface area contributed by atoms with Gasteiger partial charge in [-0.15, -0.1) is 0 Å². The number of benzene rings is 2. The molecular weight excluding hydrogens is 302 g/mol. The van der Waals surface area contributed by atoms with Crippen LogP contribution in [-0.4, -0.2) is 0 Å². The van der Waals surface area contributed by atoms with E-state index in [1.54, 1.807) is 6.07 Å². The van der Waals surface area contributed by atoms with Crippen molar-refractivity contribution in [3.8, 4) is 0 Å². The Morgan fingerprint density at radius 3 is 2.56 bits per heavy atom. The molecule has 2 aromatic rings. The third-order valence-electron chi connectivity index (χ3n) is 2.56. The molecule has 0 amide bonds. The Hall–Kier alpha value is -1.62. The summed E-state index contributed by atoms with van der Waals surface area (Å²) in [6.45, 7) is 1.84. The van der Waals surface area contributed by atoms with Gasteiger partial charge in [0.1, 0.15) is 11.6 Å². The molecule has 0 aliphatic rings. The second-order valence-corrected chi connectivity index (χ2v) is 4.79. The summed E-state index contributed by atoms with van der Waals surface area (Å²) in [6, 6.07) is 7.14. The van der Waals surface area contributed by atoms with Gasteiger partial charge < -0.3 is 11.1 Å². The van der Waals surface area contributed by atoms with Crippen molar-refractivity contribution in [1.82, 2.24) is 0 Å². The molecule has 5 heteroatoms. The highest BCUT2D eigenvalue weighted by atomic mass is 79.9. The molecule has 0 saturated carbocycles. The van der Waals surface area contributed by atoms with Crippen molar-refractivity contribution in [1.29, 1.82) is 0 Å². The first-order valence-electron chi connectivity index (χ1n) is 5.25. The zero-order chi connectivity index (χ0) is 13.3. The third-order valence-corrected chi connectivity index (χ3v) is 3.17. The highest BCUT2D eigenvalue weighted by Crippen LogP contribution is 2.30. The van der Waals surface area contributed by atoms with Crippen LogP contribution in [0.2, 0.25) is 0 Å². The van der Waals surface area contributed by atoms with Crippen molar-refractivity contribution in [2.45, 2.75) is 6.92 Å². The summed E-state index contributed by atoms with van der Waals surface area (Å²) in [4.78, 5) is 0. The van der Waals surface area contributed by atoms with Gasteiger partial charge in [0.05, 0.1) is 15.8 Å². The first-order chi connectivity index (χ1) is 8.47. The zero-order valence-electron chi connectivity index (χ0n) is 9.60. The van der Waals surface area contributed by atoms with E-state index in [1.165, 1.54) is 24.3 Å². The van der Waals surface area contributed by atoms with E-state index in [1.807, 2.05) is 6.92 Å². The molecule has 0 unspecified atom stereocenters. The summed E-state index contributed by atoms with van der Waals surface area (Å²) in [7, 11) is 0. The maximum absolute atomic E-state index is 13.2. The first kappa shape index (κ1) is 12.8. The number of halogens is 3. The highest BCUT2D eigenvalue weighted by molar-refractivity contribution is 9.10. The average Bonchev–Trinajstić information content (AvgIpc) is 2.30. The van der Waals surface area contributed by atoms with Gasteiger partial charge in [0, 0.05) is 11.8 Å². The minimum absolute atomic E-state index is 0.263. The second-order valence-electron chi connectivity index (χ2n) is 3.94. The summed E-state index contributed by atoms with van der Waals surface area (Å²) >= 11 is 3.08. The SMILES string of the molecule is Cc1ccc(F)cc1Nc1cc(Br)c(F)cc1N. The van der Waals surface area contributed by atoms with Gasteiger partial charge in [-0.25, -0.2) is 8.78 Å². The van der Waals surface area contributed by atoms with Gasteiger partial charge >= 0.3 is 0 Å². The molecule has 0 aliphatic carbocycles. The Morgan fingerprint density at radius 2 is 1.83 bits per heavy atom. The molecule has 2 aromatic carbocycles. The van der Waals surface area contributed by atoms with Gasteiger partial charge in [-0.2, -0.15) is 0 Å². The van der Waals surface area contributed by atoms with Gasteiger partial charge in [-0.05, 0) is 46.6 Å². The summed E-state index contributed by atoms with van der Waals surface area (Å²) < 4.78 is 26.7. The summed E-state index contributed by atoms with van der Waals surface area (Å²) in [5.41, 5.74) is 7.97. The second kappa shape index (κ2) is 4.94. The van der Waals surface area contributed by atoms with Crippen molar-refractivity contribution in [3.63, 3.8) is 0 Å². The Kier molecular flexibility index (Phi) is 3.52. The average molecular weight is 313 g/mol. The Morgan fingerprint density at radius 1 is 1.11 bits per heavy atom. The molecule has 0 spiro atoms. The van der Waals surface area contributed by atoms with Crippen LogP contribution in [0.3, 0.4) is 0 Å². The lowest BCUT2D eigenvalue weighted by Crippen LogP contribution is -1.99. The molecule has 0 atom stereocenters. The number of aryl methyl sites for hydroxylation is 1. The van der Waals surface area contributed by atoms with E-state index in [0.717, 1.165) is 5.56 Å². The van der Waals surface area contributed by atoms with Crippen molar-refractivity contribution in [2.24, 2.45) is 0 Å². The van der Waals surface area contributed by atoms with Crippen LogP contribution < -0.4 is 11.1 Å². The predicted octanol–water partition coefficient (Wildman–Crippen LogP) is 4.36. The van der Waals surface area contributed by atoms with E-state index in [4.69, 9.17) is 5.73 Å². The van der Waals surface area contributed by atoms with Crippen LogP contribution in [0.4, 0.5) is 25.8 Å². The zero-order valence-corrected chi connectivity index (χ0v) is 11.2. The fraction of sp³-hybridized carbons (Fsp3) is 0.0769. The summed E-state index contributed by atoms with van der Waals surface area (Å²) in [5.74, 6) is -0.781. The molecule has 0 heterocycles. The van der Waals surface area contributed by atoms with Gasteiger partial charge in [0.15, 0.2) is 0 Å². The number of rotatable bonds is 2. The van der Waals surface area contributed by atoms with Gasteiger partial charge in [-0.1, -0.05) is 6.07 Å². The van der Waals surface area contributed by atoms with E-state index >= 15 is 0 Å². The van der Waals surface area contributed by atoms with Gasteiger partial charge in [0.25, 0.3) is 0 Å². The van der Waals surface area contributed by atoms with E-state index in [0.29, 0.717) is 15.8 Å². The van der Waals surface area contributed by atoms with Crippen LogP contribution in [0.1, 0.15) is 5.56 Å². The minimum Gasteiger partial charge on any atom is -0.397 e. The molecule has 0 saturated heterocycles. The van der Waals surface area contributed by atoms with E-state index in [-0.39, 0.29) is 11.5 Å². The molecule has 0 aromatic heterocycles. The highest BCUT2D eigenvalue weighted by Gasteiger charge is 2.08. The fourth-order valence-electron chi connectivity index (χ4n) is 1.54. The first-order valence-corrected chi connectivity index (χ1v) is 6.04. The van der Waals surface area contributed by atoms with Crippen molar-refractivity contribution < 1.29 is 8.78 Å². The van der Waals surface area contributed by atoms with Gasteiger partial charge in [0.2, 0.25) is 0 Å². The molecule has 18 heavy (non-hydrogen) atoms. The van der Waals surface area contributed by atoms with Gasteiger partial charge in [-0.3, -0.25) is 0 Å². The largest absolute Gasteiger partial charge is 0.397 e. The Labute approximate surface area is 112 Å². The minimum atomic E-state index is -0.436. The fourth-order valence-corrected chi connectivity index (χ4v) is 1.89. The lowest BCUT2D eigenvalue weighted by atomic mass is 10.2. The maximum atomic E-state index is 13.2. The normalized spacial score (nSPS) is 10.4. The number of hydrogen-bond acceptors (Lipinski definition) is 2. The Bertz CT molecular complexity index is 600. The monoisotopic (exact) mass is 312 g/mol. The molecule has 0 bridgehead atoms. The molecule has 3 N–H and O–H groups in total. The molecule has 0 aliphatic heterocycles. The summed E-state index contributed by atoms with van der Waals surface area (Å²) in [5, 5.41) is 2.99. The summed E-state index contributed by atoms with van der Waals surface area (Å²) in [6.07, 6.45) is 0. The van der Waals surface area contributed by atoms with Crippen LogP contribution in [0.25, 0.3) is 0 Å². The van der Waals surface area contributed by atoms with Crippen LogP contribution >= 0.6 is 15.9 Å². The molecule has 0 fully saturated rings. The maximum Gasteiger partial charge on any atom is 0.139 e. The predicted molar refractivity (Wildman–Crippen MR) is 72.9 cm³/mol. The van der Waals surface area contributed by atoms with E-state index in [9.17, 15) is 8.78 Å². The number of nitrogens with one attached hydrogen (secondary N) is 1. The molecular formula is C13H11BrF2N2. The van der Waals surface area contributed by atoms with Crippen LogP contribution in [0.5, 0.6) is 0 Å². The number of nitrogens with two attached hydrogens (primary N) is 1. The number of nitrogen functional groups attached to an aromatic ring is 1. The van der Waals surface area contributed by atoms with E-state index < -0.39 is 5.82 Å². The molecule has 0 radical (unpaired) electrons. The van der Waals surface area contributed by atoms with Crippen LogP contribution in [0.15, 0.2) is 34.8 Å². The lowest BCUT2D eigenvalue weighted by Gasteiger charge is -2.12. The lowest BCUT2D eigenvalue weighted by molar-refractivity contribution is 0.622. The number of anilines is 3. The molecule has 94 valence electrons. The topological polar surface area (TPSA) is 38.0 Å². The smallest absolute Gasteiger partial charge is 0.139 e. The van der Waals surface area contributed by atoms with Crippen LogP contribution in [-0.2, 0) is 0 Å². The number of hydrogen-bond donors (Lipinski definition) is 2. The van der Waals surface area contributed by atoms with Crippen molar-refractivity contribution >= 4 is 33.0 Å². The Balaban J connectivity index is 2.40. The van der Waals surface area contributed by atoms with E-state index in [2.05, 4.69) is 21.2 Å². The molecule has 2 rings (SSSR count). The molecule has 2 nitrogen and oxygen atoms in total.